The highest BCUT2D eigenvalue weighted by Gasteiger charge is 2.50. The van der Waals surface area contributed by atoms with Crippen LogP contribution in [0.25, 0.3) is 0 Å². The fourth-order valence-corrected chi connectivity index (χ4v) is 4.84. The molecular formula is C17H30O6. The van der Waals surface area contributed by atoms with Gasteiger partial charge in [-0.15, -0.1) is 0 Å². The van der Waals surface area contributed by atoms with E-state index >= 15 is 0 Å². The topological polar surface area (TPSA) is 110 Å². The predicted molar refractivity (Wildman–Crippen MR) is 82.5 cm³/mol. The smallest absolute Gasteiger partial charge is 0.106 e. The molecule has 3 fully saturated rings. The van der Waals surface area contributed by atoms with Gasteiger partial charge in [0.15, 0.2) is 0 Å². The normalized spacial score (nSPS) is 57.8. The minimum atomic E-state index is -1.13. The minimum absolute atomic E-state index is 0.0508. The van der Waals surface area contributed by atoms with E-state index in [2.05, 4.69) is 0 Å². The van der Waals surface area contributed by atoms with E-state index in [-0.39, 0.29) is 35.9 Å². The molecule has 2 saturated carbocycles. The Hall–Kier alpha value is -0.240. The van der Waals surface area contributed by atoms with Gasteiger partial charge in [-0.1, -0.05) is 13.8 Å². The largest absolute Gasteiger partial charge is 0.393 e. The van der Waals surface area contributed by atoms with Crippen molar-refractivity contribution >= 4 is 0 Å². The second-order valence-corrected chi connectivity index (χ2v) is 8.03. The van der Waals surface area contributed by atoms with E-state index in [1.54, 1.807) is 0 Å². The summed E-state index contributed by atoms with van der Waals surface area (Å²) < 4.78 is 6.15. The molecular weight excluding hydrogens is 300 g/mol. The zero-order chi connectivity index (χ0) is 16.9. The molecule has 0 aromatic heterocycles. The molecule has 3 rings (SSSR count). The highest BCUT2D eigenvalue weighted by atomic mass is 16.5. The van der Waals surface area contributed by atoms with Crippen LogP contribution in [0.4, 0.5) is 0 Å². The van der Waals surface area contributed by atoms with Crippen molar-refractivity contribution < 1.29 is 30.3 Å². The third-order valence-corrected chi connectivity index (χ3v) is 6.48. The van der Waals surface area contributed by atoms with Gasteiger partial charge in [0.25, 0.3) is 0 Å². The first-order valence-corrected chi connectivity index (χ1v) is 8.85. The molecule has 0 aromatic carbocycles. The van der Waals surface area contributed by atoms with Gasteiger partial charge >= 0.3 is 0 Å². The van der Waals surface area contributed by atoms with E-state index in [0.29, 0.717) is 19.3 Å². The highest BCUT2D eigenvalue weighted by molar-refractivity contribution is 4.99. The van der Waals surface area contributed by atoms with Crippen molar-refractivity contribution in [2.24, 2.45) is 23.7 Å². The Balaban J connectivity index is 1.74. The Bertz CT molecular complexity index is 406. The van der Waals surface area contributed by atoms with E-state index in [1.807, 2.05) is 13.8 Å². The average molecular weight is 330 g/mol. The molecule has 23 heavy (non-hydrogen) atoms. The van der Waals surface area contributed by atoms with Gasteiger partial charge in [0, 0.05) is 6.42 Å². The van der Waals surface area contributed by atoms with Crippen LogP contribution in [0.1, 0.15) is 39.5 Å². The Morgan fingerprint density at radius 3 is 1.96 bits per heavy atom. The molecule has 0 bridgehead atoms. The van der Waals surface area contributed by atoms with Crippen molar-refractivity contribution in [3.8, 4) is 0 Å². The van der Waals surface area contributed by atoms with Gasteiger partial charge in [-0.2, -0.15) is 0 Å². The Labute approximate surface area is 137 Å². The van der Waals surface area contributed by atoms with Crippen LogP contribution in [-0.4, -0.2) is 68.3 Å². The quantitative estimate of drug-likeness (QED) is 0.449. The van der Waals surface area contributed by atoms with Crippen molar-refractivity contribution in [1.82, 2.24) is 0 Å². The van der Waals surface area contributed by atoms with Crippen LogP contribution >= 0.6 is 0 Å². The molecule has 3 aliphatic rings. The summed E-state index contributed by atoms with van der Waals surface area (Å²) in [6.45, 7) is 4.05. The maximum Gasteiger partial charge on any atom is 0.106 e. The molecule has 9 atom stereocenters. The lowest BCUT2D eigenvalue weighted by Gasteiger charge is -2.51. The van der Waals surface area contributed by atoms with Crippen LogP contribution < -0.4 is 0 Å². The molecule has 134 valence electrons. The van der Waals surface area contributed by atoms with Crippen LogP contribution in [0.15, 0.2) is 0 Å². The Kier molecular flexibility index (Phi) is 5.03. The van der Waals surface area contributed by atoms with Crippen molar-refractivity contribution in [1.29, 1.82) is 0 Å². The average Bonchev–Trinajstić information content (AvgIpc) is 2.50. The van der Waals surface area contributed by atoms with Crippen molar-refractivity contribution in [2.75, 3.05) is 0 Å². The van der Waals surface area contributed by atoms with Gasteiger partial charge in [-0.3, -0.25) is 0 Å². The molecule has 5 N–H and O–H groups in total. The molecule has 0 spiro atoms. The summed E-state index contributed by atoms with van der Waals surface area (Å²) in [5.41, 5.74) is 0. The second-order valence-electron chi connectivity index (χ2n) is 8.03. The Morgan fingerprint density at radius 2 is 1.35 bits per heavy atom. The number of aliphatic hydroxyl groups is 5. The number of aliphatic hydroxyl groups excluding tert-OH is 5. The molecule has 2 aliphatic carbocycles. The van der Waals surface area contributed by atoms with Gasteiger partial charge in [-0.05, 0) is 42.9 Å². The van der Waals surface area contributed by atoms with E-state index < -0.39 is 30.5 Å². The summed E-state index contributed by atoms with van der Waals surface area (Å²) >= 11 is 0. The van der Waals surface area contributed by atoms with Gasteiger partial charge in [0.1, 0.15) is 6.10 Å². The molecule has 9 unspecified atom stereocenters. The molecule has 0 radical (unpaired) electrons. The number of fused-ring (bicyclic) bond motifs is 1. The van der Waals surface area contributed by atoms with Crippen LogP contribution in [0.3, 0.4) is 0 Å². The molecule has 1 aliphatic heterocycles. The van der Waals surface area contributed by atoms with Crippen molar-refractivity contribution in [2.45, 2.75) is 82.3 Å². The van der Waals surface area contributed by atoms with E-state index in [0.717, 1.165) is 6.42 Å². The van der Waals surface area contributed by atoms with Gasteiger partial charge in [-0.25, -0.2) is 0 Å². The van der Waals surface area contributed by atoms with Crippen molar-refractivity contribution in [3.63, 3.8) is 0 Å². The Morgan fingerprint density at radius 1 is 0.739 bits per heavy atom. The molecule has 1 heterocycles. The van der Waals surface area contributed by atoms with Crippen LogP contribution in [0, 0.1) is 23.7 Å². The number of ether oxygens (including phenoxy) is 1. The third kappa shape index (κ3) is 3.17. The first-order valence-electron chi connectivity index (χ1n) is 8.85. The SMILES string of the molecule is CC1CC2C(CC1O)OC(C1CC(O)C(O)C(O)C1)C(O)C2C. The first kappa shape index (κ1) is 17.6. The fraction of sp³-hybridized carbons (Fsp3) is 1.00. The van der Waals surface area contributed by atoms with Crippen LogP contribution in [0.5, 0.6) is 0 Å². The van der Waals surface area contributed by atoms with E-state index in [4.69, 9.17) is 4.74 Å². The number of rotatable bonds is 1. The fourth-order valence-electron chi connectivity index (χ4n) is 4.84. The van der Waals surface area contributed by atoms with E-state index in [1.165, 1.54) is 0 Å². The summed E-state index contributed by atoms with van der Waals surface area (Å²) in [7, 11) is 0. The summed E-state index contributed by atoms with van der Waals surface area (Å²) in [5, 5.41) is 50.4. The third-order valence-electron chi connectivity index (χ3n) is 6.48. The first-order chi connectivity index (χ1) is 10.8. The standard InChI is InChI=1S/C17H30O6/c1-7-3-10-8(2)15(21)17(23-14(10)6-11(7)18)9-4-12(19)16(22)13(20)5-9/h7-22H,3-6H2,1-2H3. The second kappa shape index (κ2) is 6.58. The summed E-state index contributed by atoms with van der Waals surface area (Å²) in [6, 6.07) is 0. The maximum atomic E-state index is 10.7. The lowest BCUT2D eigenvalue weighted by atomic mass is 9.66. The molecule has 0 aromatic rings. The zero-order valence-electron chi connectivity index (χ0n) is 13.8. The summed E-state index contributed by atoms with van der Waals surface area (Å²) in [5.74, 6) is 0.288. The predicted octanol–water partition coefficient (Wildman–Crippen LogP) is -0.350. The molecule has 1 saturated heterocycles. The lowest BCUT2D eigenvalue weighted by Crippen LogP contribution is -2.58. The zero-order valence-corrected chi connectivity index (χ0v) is 13.8. The summed E-state index contributed by atoms with van der Waals surface area (Å²) in [6.07, 6.45) is -2.70. The van der Waals surface area contributed by atoms with Crippen LogP contribution in [0.2, 0.25) is 0 Å². The maximum absolute atomic E-state index is 10.7. The van der Waals surface area contributed by atoms with Gasteiger partial charge in [0.05, 0.1) is 36.6 Å². The summed E-state index contributed by atoms with van der Waals surface area (Å²) in [4.78, 5) is 0. The van der Waals surface area contributed by atoms with Crippen molar-refractivity contribution in [3.05, 3.63) is 0 Å². The minimum Gasteiger partial charge on any atom is -0.393 e. The number of hydrogen-bond acceptors (Lipinski definition) is 6. The van der Waals surface area contributed by atoms with Crippen LogP contribution in [-0.2, 0) is 4.74 Å². The number of hydrogen-bond donors (Lipinski definition) is 5. The van der Waals surface area contributed by atoms with Gasteiger partial charge in [0.2, 0.25) is 0 Å². The molecule has 6 nitrogen and oxygen atoms in total. The lowest BCUT2D eigenvalue weighted by molar-refractivity contribution is -0.228. The monoisotopic (exact) mass is 330 g/mol. The molecule has 6 heteroatoms. The highest BCUT2D eigenvalue weighted by Crippen LogP contribution is 2.45. The van der Waals surface area contributed by atoms with E-state index in [9.17, 15) is 25.5 Å². The molecule has 0 amide bonds. The van der Waals surface area contributed by atoms with Gasteiger partial charge < -0.3 is 30.3 Å².